The second-order valence-corrected chi connectivity index (χ2v) is 4.74. The van der Waals surface area contributed by atoms with Gasteiger partial charge in [-0.2, -0.15) is 5.26 Å². The lowest BCUT2D eigenvalue weighted by molar-refractivity contribution is 0.409. The smallest absolute Gasteiger partial charge is 0.122 e. The molecule has 0 bridgehead atoms. The molecule has 1 aromatic rings. The molecule has 1 rings (SSSR count). The van der Waals surface area contributed by atoms with Crippen molar-refractivity contribution in [3.63, 3.8) is 0 Å². The van der Waals surface area contributed by atoms with Gasteiger partial charge in [-0.05, 0) is 36.0 Å². The molecule has 2 nitrogen and oxygen atoms in total. The summed E-state index contributed by atoms with van der Waals surface area (Å²) in [5, 5.41) is 9.24. The fraction of sp³-hybridized carbons (Fsp3) is 0.533. The maximum absolute atomic E-state index is 9.24. The van der Waals surface area contributed by atoms with Crippen LogP contribution >= 0.6 is 0 Å². The molecular formula is C15H21NO. The van der Waals surface area contributed by atoms with Gasteiger partial charge in [0.25, 0.3) is 0 Å². The van der Waals surface area contributed by atoms with E-state index in [-0.39, 0.29) is 5.92 Å². The van der Waals surface area contributed by atoms with Gasteiger partial charge in [0.2, 0.25) is 0 Å². The number of rotatable bonds is 5. The summed E-state index contributed by atoms with van der Waals surface area (Å²) in [6.45, 7) is 6.40. The van der Waals surface area contributed by atoms with E-state index in [9.17, 15) is 5.26 Å². The van der Waals surface area contributed by atoms with E-state index in [0.717, 1.165) is 24.2 Å². The van der Waals surface area contributed by atoms with Crippen LogP contribution in [-0.4, -0.2) is 7.11 Å². The average Bonchev–Trinajstić information content (AvgIpc) is 2.34. The molecule has 0 saturated carbocycles. The molecule has 0 saturated heterocycles. The Morgan fingerprint density at radius 1 is 1.35 bits per heavy atom. The normalized spacial score (nSPS) is 12.2. The molecule has 1 aromatic carbocycles. The van der Waals surface area contributed by atoms with Gasteiger partial charge >= 0.3 is 0 Å². The molecule has 17 heavy (non-hydrogen) atoms. The van der Waals surface area contributed by atoms with E-state index in [1.54, 1.807) is 7.11 Å². The number of aryl methyl sites for hydroxylation is 1. The molecule has 0 amide bonds. The highest BCUT2D eigenvalue weighted by molar-refractivity contribution is 5.40. The van der Waals surface area contributed by atoms with Crippen molar-refractivity contribution in [3.8, 4) is 11.8 Å². The van der Waals surface area contributed by atoms with E-state index in [2.05, 4.69) is 32.9 Å². The van der Waals surface area contributed by atoms with E-state index >= 15 is 0 Å². The summed E-state index contributed by atoms with van der Waals surface area (Å²) in [7, 11) is 1.68. The molecule has 0 aliphatic heterocycles. The van der Waals surface area contributed by atoms with Crippen molar-refractivity contribution in [2.24, 2.45) is 5.92 Å². The van der Waals surface area contributed by atoms with Crippen molar-refractivity contribution in [1.29, 1.82) is 5.26 Å². The van der Waals surface area contributed by atoms with Gasteiger partial charge in [-0.15, -0.1) is 0 Å². The van der Waals surface area contributed by atoms with Crippen LogP contribution in [0.1, 0.15) is 44.2 Å². The summed E-state index contributed by atoms with van der Waals surface area (Å²) >= 11 is 0. The second kappa shape index (κ2) is 6.30. The van der Waals surface area contributed by atoms with Gasteiger partial charge < -0.3 is 4.74 Å². The lowest BCUT2D eigenvalue weighted by Crippen LogP contribution is -2.02. The Morgan fingerprint density at radius 3 is 2.53 bits per heavy atom. The quantitative estimate of drug-likeness (QED) is 0.769. The Kier molecular flexibility index (Phi) is 5.03. The number of benzene rings is 1. The van der Waals surface area contributed by atoms with Crippen LogP contribution in [0.3, 0.4) is 0 Å². The number of methoxy groups -OCH3 is 1. The Morgan fingerprint density at radius 2 is 2.06 bits per heavy atom. The molecule has 0 aliphatic carbocycles. The fourth-order valence-electron chi connectivity index (χ4n) is 2.03. The Balaban J connectivity index is 3.01. The van der Waals surface area contributed by atoms with Gasteiger partial charge in [0.1, 0.15) is 5.75 Å². The lowest BCUT2D eigenvalue weighted by atomic mass is 9.90. The highest BCUT2D eigenvalue weighted by atomic mass is 16.5. The summed E-state index contributed by atoms with van der Waals surface area (Å²) in [4.78, 5) is 0. The monoisotopic (exact) mass is 231 g/mol. The minimum Gasteiger partial charge on any atom is -0.496 e. The van der Waals surface area contributed by atoms with Crippen LogP contribution in [0.4, 0.5) is 0 Å². The first-order valence-corrected chi connectivity index (χ1v) is 6.18. The van der Waals surface area contributed by atoms with Crippen molar-refractivity contribution < 1.29 is 4.74 Å². The molecule has 92 valence electrons. The largest absolute Gasteiger partial charge is 0.496 e. The third-order valence-corrected chi connectivity index (χ3v) is 2.95. The summed E-state index contributed by atoms with van der Waals surface area (Å²) in [5.74, 6) is 1.44. The van der Waals surface area contributed by atoms with E-state index in [4.69, 9.17) is 4.74 Å². The maximum Gasteiger partial charge on any atom is 0.122 e. The Hall–Kier alpha value is -1.49. The lowest BCUT2D eigenvalue weighted by Gasteiger charge is -2.14. The van der Waals surface area contributed by atoms with E-state index in [1.807, 2.05) is 12.1 Å². The number of ether oxygens (including phenoxy) is 1. The molecule has 2 heteroatoms. The van der Waals surface area contributed by atoms with Gasteiger partial charge in [-0.3, -0.25) is 0 Å². The molecule has 0 radical (unpaired) electrons. The summed E-state index contributed by atoms with van der Waals surface area (Å²) in [6, 6.07) is 8.48. The minimum absolute atomic E-state index is 0.00814. The van der Waals surface area contributed by atoms with E-state index in [0.29, 0.717) is 5.92 Å². The Bertz CT molecular complexity index is 404. The predicted molar refractivity (Wildman–Crippen MR) is 70.2 cm³/mol. The molecule has 0 heterocycles. The van der Waals surface area contributed by atoms with Crippen LogP contribution in [0.2, 0.25) is 0 Å². The van der Waals surface area contributed by atoms with Crippen molar-refractivity contribution in [2.75, 3.05) is 7.11 Å². The van der Waals surface area contributed by atoms with Crippen molar-refractivity contribution in [1.82, 2.24) is 0 Å². The SMILES string of the molecule is CCc1cc(C(C#N)CC(C)C)ccc1OC. The molecule has 0 spiro atoms. The van der Waals surface area contributed by atoms with Gasteiger partial charge in [0.05, 0.1) is 19.1 Å². The summed E-state index contributed by atoms with van der Waals surface area (Å²) in [6.07, 6.45) is 1.84. The van der Waals surface area contributed by atoms with E-state index in [1.165, 1.54) is 5.56 Å². The predicted octanol–water partition coefficient (Wildman–Crippen LogP) is 3.91. The van der Waals surface area contributed by atoms with Gasteiger partial charge in [-0.1, -0.05) is 32.9 Å². The standard InChI is InChI=1S/C15H21NO/c1-5-12-9-13(6-7-15(12)17-4)14(10-16)8-11(2)3/h6-7,9,11,14H,5,8H2,1-4H3. The average molecular weight is 231 g/mol. The summed E-state index contributed by atoms with van der Waals surface area (Å²) < 4.78 is 5.30. The highest BCUT2D eigenvalue weighted by Gasteiger charge is 2.14. The maximum atomic E-state index is 9.24. The third-order valence-electron chi connectivity index (χ3n) is 2.95. The zero-order valence-corrected chi connectivity index (χ0v) is 11.2. The van der Waals surface area contributed by atoms with Crippen LogP contribution in [0.5, 0.6) is 5.75 Å². The minimum atomic E-state index is -0.00814. The van der Waals surface area contributed by atoms with Crippen LogP contribution in [0.15, 0.2) is 18.2 Å². The third kappa shape index (κ3) is 3.49. The van der Waals surface area contributed by atoms with Gasteiger partial charge in [-0.25, -0.2) is 0 Å². The molecule has 0 aromatic heterocycles. The number of nitrogens with zero attached hydrogens (tertiary/aromatic N) is 1. The van der Waals surface area contributed by atoms with Gasteiger partial charge in [0.15, 0.2) is 0 Å². The molecular weight excluding hydrogens is 210 g/mol. The zero-order valence-electron chi connectivity index (χ0n) is 11.2. The number of nitriles is 1. The van der Waals surface area contributed by atoms with Gasteiger partial charge in [0, 0.05) is 0 Å². The van der Waals surface area contributed by atoms with Crippen LogP contribution in [-0.2, 0) is 6.42 Å². The molecule has 1 atom stereocenters. The number of hydrogen-bond acceptors (Lipinski definition) is 2. The summed E-state index contributed by atoms with van der Waals surface area (Å²) in [5.41, 5.74) is 2.29. The zero-order chi connectivity index (χ0) is 12.8. The Labute approximate surface area is 104 Å². The molecule has 0 N–H and O–H groups in total. The van der Waals surface area contributed by atoms with Crippen molar-refractivity contribution in [2.45, 2.75) is 39.5 Å². The van der Waals surface area contributed by atoms with E-state index < -0.39 is 0 Å². The van der Waals surface area contributed by atoms with Crippen molar-refractivity contribution >= 4 is 0 Å². The highest BCUT2D eigenvalue weighted by Crippen LogP contribution is 2.28. The molecule has 0 fully saturated rings. The number of hydrogen-bond donors (Lipinski definition) is 0. The van der Waals surface area contributed by atoms with Crippen LogP contribution in [0, 0.1) is 17.2 Å². The first-order chi connectivity index (χ1) is 8.12. The fourth-order valence-corrected chi connectivity index (χ4v) is 2.03. The molecule has 0 aliphatic rings. The van der Waals surface area contributed by atoms with Crippen LogP contribution in [0.25, 0.3) is 0 Å². The first-order valence-electron chi connectivity index (χ1n) is 6.18. The van der Waals surface area contributed by atoms with Crippen LogP contribution < -0.4 is 4.74 Å². The topological polar surface area (TPSA) is 33.0 Å². The molecule has 1 unspecified atom stereocenters. The second-order valence-electron chi connectivity index (χ2n) is 4.74. The van der Waals surface area contributed by atoms with Crippen molar-refractivity contribution in [3.05, 3.63) is 29.3 Å². The first kappa shape index (κ1) is 13.6.